The Labute approximate surface area is 130 Å². The van der Waals surface area contributed by atoms with Gasteiger partial charge in [-0.25, -0.2) is 0 Å². The van der Waals surface area contributed by atoms with Crippen LogP contribution >= 0.6 is 0 Å². The molecule has 120 valence electrons. The number of hydrogen-bond acceptors (Lipinski definition) is 1. The second-order valence-electron chi connectivity index (χ2n) is 9.77. The highest BCUT2D eigenvalue weighted by atomic mass is 28.4. The summed E-state index contributed by atoms with van der Waals surface area (Å²) in [5, 5.41) is 0. The van der Waals surface area contributed by atoms with E-state index in [0.29, 0.717) is 0 Å². The van der Waals surface area contributed by atoms with E-state index in [1.807, 2.05) is 0 Å². The van der Waals surface area contributed by atoms with Crippen molar-refractivity contribution in [3.8, 4) is 0 Å². The van der Waals surface area contributed by atoms with Gasteiger partial charge in [0.1, 0.15) is 16.5 Å². The van der Waals surface area contributed by atoms with E-state index < -0.39 is 32.6 Å². The normalized spacial score (nSPS) is 14.3. The number of carbonyl (C=O) groups excluding carboxylic acids is 1. The molecule has 0 atom stereocenters. The molecule has 0 fully saturated rings. The standard InChI is InChI=1S/C13H36N2OSi4/c1-17(2,3)11-19(7,8)15(13(14)16)20(9,10)12-18(4,5)6/h11-12H2,1-10H3,(H2,14,16). The summed E-state index contributed by atoms with van der Waals surface area (Å²) in [6, 6.07) is -0.158. The van der Waals surface area contributed by atoms with Crippen molar-refractivity contribution in [2.75, 3.05) is 0 Å². The Bertz CT molecular complexity index is 328. The van der Waals surface area contributed by atoms with Gasteiger partial charge in [-0.3, -0.25) is 4.79 Å². The number of urea groups is 1. The highest BCUT2D eigenvalue weighted by Crippen LogP contribution is 2.31. The third-order valence-corrected chi connectivity index (χ3v) is 25.3. The molecule has 0 unspecified atom stereocenters. The number of carbonyl (C=O) groups is 1. The summed E-state index contributed by atoms with van der Waals surface area (Å²) >= 11 is 0. The highest BCUT2D eigenvalue weighted by Gasteiger charge is 2.46. The summed E-state index contributed by atoms with van der Waals surface area (Å²) in [4.78, 5) is 12.2. The molecule has 2 amide bonds. The third-order valence-electron chi connectivity index (χ3n) is 3.36. The quantitative estimate of drug-likeness (QED) is 0.704. The van der Waals surface area contributed by atoms with E-state index in [4.69, 9.17) is 5.73 Å². The van der Waals surface area contributed by atoms with Crippen LogP contribution in [0.5, 0.6) is 0 Å². The number of nitrogens with zero attached hydrogens (tertiary/aromatic N) is 1. The fourth-order valence-corrected chi connectivity index (χ4v) is 35.4. The van der Waals surface area contributed by atoms with E-state index in [2.05, 4.69) is 69.7 Å². The van der Waals surface area contributed by atoms with Gasteiger partial charge in [-0.2, -0.15) is 0 Å². The first-order chi connectivity index (χ1) is 8.48. The first-order valence-electron chi connectivity index (χ1n) is 7.58. The number of nitrogens with two attached hydrogens (primary N) is 1. The van der Waals surface area contributed by atoms with Crippen LogP contribution in [0.2, 0.25) is 76.8 Å². The molecule has 20 heavy (non-hydrogen) atoms. The lowest BCUT2D eigenvalue weighted by atomic mass is 11.2. The van der Waals surface area contributed by atoms with Crippen molar-refractivity contribution >= 4 is 38.6 Å². The Morgan fingerprint density at radius 3 is 1.15 bits per heavy atom. The molecule has 0 aliphatic heterocycles. The van der Waals surface area contributed by atoms with Gasteiger partial charge < -0.3 is 9.96 Å². The van der Waals surface area contributed by atoms with Crippen molar-refractivity contribution in [1.82, 2.24) is 4.23 Å². The lowest BCUT2D eigenvalue weighted by Gasteiger charge is -2.49. The van der Waals surface area contributed by atoms with Crippen LogP contribution in [0.15, 0.2) is 0 Å². The fourth-order valence-electron chi connectivity index (χ4n) is 4.17. The molecule has 0 aliphatic carbocycles. The zero-order chi connectivity index (χ0) is 16.6. The minimum atomic E-state index is -1.76. The molecule has 3 nitrogen and oxygen atoms in total. The summed E-state index contributed by atoms with van der Waals surface area (Å²) < 4.78 is 2.23. The van der Waals surface area contributed by atoms with Crippen molar-refractivity contribution in [2.45, 2.75) is 76.8 Å². The topological polar surface area (TPSA) is 46.3 Å². The minimum Gasteiger partial charge on any atom is -0.379 e. The van der Waals surface area contributed by atoms with Crippen molar-refractivity contribution in [3.63, 3.8) is 0 Å². The van der Waals surface area contributed by atoms with Crippen LogP contribution in [0.4, 0.5) is 4.79 Å². The van der Waals surface area contributed by atoms with Gasteiger partial charge in [0.05, 0.1) is 0 Å². The predicted molar refractivity (Wildman–Crippen MR) is 103 cm³/mol. The Hall–Kier alpha value is 0.138. The summed E-state index contributed by atoms with van der Waals surface area (Å²) in [6.07, 6.45) is 0. The summed E-state index contributed by atoms with van der Waals surface area (Å²) in [6.45, 7) is 23.7. The number of hydrogen-bond donors (Lipinski definition) is 1. The van der Waals surface area contributed by atoms with Gasteiger partial charge in [0, 0.05) is 16.1 Å². The highest BCUT2D eigenvalue weighted by molar-refractivity contribution is 7.04. The molecule has 0 radical (unpaired) electrons. The fraction of sp³-hybridized carbons (Fsp3) is 0.923. The molecule has 0 saturated carbocycles. The second kappa shape index (κ2) is 6.10. The van der Waals surface area contributed by atoms with E-state index >= 15 is 0 Å². The maximum Gasteiger partial charge on any atom is 0.298 e. The molecule has 0 bridgehead atoms. The molecular weight excluding hydrogens is 312 g/mol. The van der Waals surface area contributed by atoms with E-state index in [9.17, 15) is 4.79 Å². The average molecular weight is 349 g/mol. The predicted octanol–water partition coefficient (Wildman–Crippen LogP) is 4.53. The molecule has 0 aromatic carbocycles. The van der Waals surface area contributed by atoms with Crippen LogP contribution in [-0.4, -0.2) is 42.9 Å². The van der Waals surface area contributed by atoms with Gasteiger partial charge in [0.2, 0.25) is 0 Å². The first-order valence-corrected chi connectivity index (χ1v) is 21.3. The Balaban J connectivity index is 5.49. The van der Waals surface area contributed by atoms with Crippen molar-refractivity contribution < 1.29 is 4.79 Å². The zero-order valence-corrected chi connectivity index (χ0v) is 19.3. The van der Waals surface area contributed by atoms with Crippen molar-refractivity contribution in [1.29, 1.82) is 0 Å². The van der Waals surface area contributed by atoms with Crippen LogP contribution in [0, 0.1) is 0 Å². The summed E-state index contributed by atoms with van der Waals surface area (Å²) in [7, 11) is -5.91. The Morgan fingerprint density at radius 2 is 1.00 bits per heavy atom. The molecular formula is C13H36N2OSi4. The van der Waals surface area contributed by atoms with Crippen LogP contribution in [-0.2, 0) is 0 Å². The van der Waals surface area contributed by atoms with Crippen LogP contribution in [0.25, 0.3) is 0 Å². The number of primary amides is 1. The molecule has 0 rings (SSSR count). The molecule has 0 heterocycles. The smallest absolute Gasteiger partial charge is 0.298 e. The maximum atomic E-state index is 12.2. The molecule has 0 aliphatic rings. The Kier molecular flexibility index (Phi) is 6.14. The van der Waals surface area contributed by atoms with Gasteiger partial charge >= 0.3 is 0 Å². The van der Waals surface area contributed by atoms with Gasteiger partial charge in [-0.1, -0.05) is 65.5 Å². The lowest BCUT2D eigenvalue weighted by Crippen LogP contribution is -2.68. The maximum absolute atomic E-state index is 12.2. The van der Waals surface area contributed by atoms with Crippen molar-refractivity contribution in [2.24, 2.45) is 5.73 Å². The van der Waals surface area contributed by atoms with Crippen LogP contribution in [0.3, 0.4) is 0 Å². The van der Waals surface area contributed by atoms with E-state index in [0.717, 1.165) is 0 Å². The monoisotopic (exact) mass is 348 g/mol. The first kappa shape index (κ1) is 20.1. The zero-order valence-electron chi connectivity index (χ0n) is 15.3. The summed E-state index contributed by atoms with van der Waals surface area (Å²) in [5.74, 6) is 0. The van der Waals surface area contributed by atoms with E-state index in [-0.39, 0.29) is 6.03 Å². The van der Waals surface area contributed by atoms with Gasteiger partial charge in [0.25, 0.3) is 6.03 Å². The molecule has 2 N–H and O–H groups in total. The van der Waals surface area contributed by atoms with Gasteiger partial charge in [0.15, 0.2) is 0 Å². The molecule has 0 saturated heterocycles. The van der Waals surface area contributed by atoms with Crippen molar-refractivity contribution in [3.05, 3.63) is 0 Å². The third kappa shape index (κ3) is 6.73. The van der Waals surface area contributed by atoms with E-state index in [1.165, 1.54) is 11.3 Å². The van der Waals surface area contributed by atoms with Gasteiger partial charge in [-0.15, -0.1) is 0 Å². The van der Waals surface area contributed by atoms with Crippen LogP contribution < -0.4 is 5.73 Å². The molecule has 0 aromatic rings. The molecule has 7 heteroatoms. The Morgan fingerprint density at radius 1 is 0.750 bits per heavy atom. The largest absolute Gasteiger partial charge is 0.379 e. The molecule has 0 spiro atoms. The summed E-state index contributed by atoms with van der Waals surface area (Å²) in [5.41, 5.74) is 8.32. The second-order valence-corrected chi connectivity index (χ2v) is 31.4. The lowest BCUT2D eigenvalue weighted by molar-refractivity contribution is 0.242. The SMILES string of the molecule is C[Si](C)(C)C[Si](C)(C)N(C(N)=O)[Si](C)(C)C[Si](C)(C)C. The number of rotatable bonds is 6. The van der Waals surface area contributed by atoms with Gasteiger partial charge in [-0.05, 0) is 11.3 Å². The van der Waals surface area contributed by atoms with E-state index in [1.54, 1.807) is 0 Å². The molecule has 0 aromatic heterocycles. The average Bonchev–Trinajstić information content (AvgIpc) is 1.87. The minimum absolute atomic E-state index is 0.158. The number of amides is 2. The van der Waals surface area contributed by atoms with Crippen LogP contribution in [0.1, 0.15) is 0 Å².